The lowest BCUT2D eigenvalue weighted by Gasteiger charge is -1.99. The van der Waals surface area contributed by atoms with E-state index in [0.29, 0.717) is 0 Å². The number of carboxylic acids is 1. The molecule has 0 unspecified atom stereocenters. The number of hydrogen-bond acceptors (Lipinski definition) is 2. The highest BCUT2D eigenvalue weighted by molar-refractivity contribution is 6.75. The van der Waals surface area contributed by atoms with Crippen LogP contribution in [0.5, 0.6) is 0 Å². The van der Waals surface area contributed by atoms with Crippen LogP contribution in [0.15, 0.2) is 18.7 Å². The summed E-state index contributed by atoms with van der Waals surface area (Å²) in [4.78, 5) is 13.5. The number of imidazole rings is 1. The molecule has 1 N–H and O–H groups in total. The van der Waals surface area contributed by atoms with E-state index >= 15 is 0 Å². The van der Waals surface area contributed by atoms with Crippen LogP contribution in [0, 0.1) is 0 Å². The Morgan fingerprint density at radius 3 is 2.33 bits per heavy atom. The molecule has 0 fully saturated rings. The lowest BCUT2D eigenvalue weighted by molar-refractivity contribution is -0.135. The van der Waals surface area contributed by atoms with E-state index in [1.807, 2.05) is 12.5 Å². The highest BCUT2D eigenvalue weighted by atomic mass is 35.6. The minimum Gasteiger partial charge on any atom is -0.478 e. The van der Waals surface area contributed by atoms with Gasteiger partial charge in [-0.1, -0.05) is 41.7 Å². The molecule has 0 aliphatic heterocycles. The zero-order valence-corrected chi connectivity index (χ0v) is 10.3. The fraction of sp³-hybridized carbons (Fsp3) is 0.500. The number of rotatable bonds is 2. The first-order valence-electron chi connectivity index (χ1n) is 4.13. The third-order valence-electron chi connectivity index (χ3n) is 1.28. The van der Waals surface area contributed by atoms with Gasteiger partial charge in [0.05, 0.1) is 6.33 Å². The van der Waals surface area contributed by atoms with Gasteiger partial charge < -0.3 is 9.67 Å². The molecule has 1 aromatic rings. The average Bonchev–Trinajstić information content (AvgIpc) is 2.57. The molecule has 1 heterocycles. The molecule has 0 saturated carbocycles. The normalized spacial score (nSPS) is 10.4. The van der Waals surface area contributed by atoms with E-state index in [0.717, 1.165) is 6.54 Å². The topological polar surface area (TPSA) is 55.1 Å². The molecule has 86 valence electrons. The van der Waals surface area contributed by atoms with Crippen molar-refractivity contribution in [3.8, 4) is 0 Å². The first kappa shape index (κ1) is 14.6. The number of aromatic nitrogens is 2. The molecule has 0 aliphatic rings. The van der Waals surface area contributed by atoms with Crippen molar-refractivity contribution in [3.63, 3.8) is 0 Å². The van der Waals surface area contributed by atoms with Gasteiger partial charge in [0.25, 0.3) is 3.79 Å². The van der Waals surface area contributed by atoms with Crippen LogP contribution in [-0.2, 0) is 11.3 Å². The SMILES string of the molecule is CCCn1ccnc1.O=C(O)C(Cl)(Cl)Cl. The minimum atomic E-state index is -2.17. The molecule has 0 aliphatic carbocycles. The third kappa shape index (κ3) is 7.48. The van der Waals surface area contributed by atoms with Gasteiger partial charge in [-0.2, -0.15) is 0 Å². The molecule has 1 rings (SSSR count). The van der Waals surface area contributed by atoms with Crippen LogP contribution < -0.4 is 0 Å². The maximum atomic E-state index is 9.62. The van der Waals surface area contributed by atoms with Crippen molar-refractivity contribution in [2.75, 3.05) is 0 Å². The Bertz CT molecular complexity index is 283. The second-order valence-electron chi connectivity index (χ2n) is 2.60. The zero-order chi connectivity index (χ0) is 11.9. The van der Waals surface area contributed by atoms with Crippen LogP contribution in [0.3, 0.4) is 0 Å². The summed E-state index contributed by atoms with van der Waals surface area (Å²) in [5.41, 5.74) is 0. The van der Waals surface area contributed by atoms with E-state index in [1.54, 1.807) is 6.20 Å². The van der Waals surface area contributed by atoms with Crippen molar-refractivity contribution in [2.45, 2.75) is 23.7 Å². The monoisotopic (exact) mass is 272 g/mol. The number of aliphatic carboxylic acids is 1. The number of halogens is 3. The Morgan fingerprint density at radius 2 is 2.07 bits per heavy atom. The molecule has 1 aromatic heterocycles. The summed E-state index contributed by atoms with van der Waals surface area (Å²) in [5, 5.41) is 7.85. The van der Waals surface area contributed by atoms with Gasteiger partial charge in [0.1, 0.15) is 0 Å². The fourth-order valence-corrected chi connectivity index (χ4v) is 0.677. The molecule has 0 aromatic carbocycles. The second-order valence-corrected chi connectivity index (χ2v) is 4.88. The molecule has 4 nitrogen and oxygen atoms in total. The van der Waals surface area contributed by atoms with Crippen LogP contribution in [0.1, 0.15) is 13.3 Å². The third-order valence-corrected chi connectivity index (χ3v) is 1.77. The van der Waals surface area contributed by atoms with Gasteiger partial charge in [-0.05, 0) is 6.42 Å². The lowest BCUT2D eigenvalue weighted by Crippen LogP contribution is -2.16. The number of alkyl halides is 3. The summed E-state index contributed by atoms with van der Waals surface area (Å²) < 4.78 is -0.0972. The van der Waals surface area contributed by atoms with Crippen LogP contribution >= 0.6 is 34.8 Å². The van der Waals surface area contributed by atoms with Crippen molar-refractivity contribution < 1.29 is 9.90 Å². The highest BCUT2D eigenvalue weighted by Crippen LogP contribution is 2.25. The predicted octanol–water partition coefficient (Wildman–Crippen LogP) is 2.73. The Balaban J connectivity index is 0.000000265. The molecule has 0 atom stereocenters. The largest absolute Gasteiger partial charge is 0.478 e. The van der Waals surface area contributed by atoms with Gasteiger partial charge >= 0.3 is 5.97 Å². The van der Waals surface area contributed by atoms with E-state index in [-0.39, 0.29) is 0 Å². The summed E-state index contributed by atoms with van der Waals surface area (Å²) >= 11 is 14.4. The molecule has 0 bridgehead atoms. The van der Waals surface area contributed by atoms with Gasteiger partial charge in [-0.25, -0.2) is 9.78 Å². The maximum Gasteiger partial charge on any atom is 0.356 e. The molecular formula is C8H11Cl3N2O2. The minimum absolute atomic E-state index is 1.08. The first-order chi connectivity index (χ1) is 6.88. The zero-order valence-electron chi connectivity index (χ0n) is 8.03. The fourth-order valence-electron chi connectivity index (χ4n) is 0.677. The van der Waals surface area contributed by atoms with Gasteiger partial charge in [-0.15, -0.1) is 0 Å². The molecule has 0 amide bonds. The number of aryl methyl sites for hydroxylation is 1. The summed E-state index contributed by atoms with van der Waals surface area (Å²) in [7, 11) is 0. The van der Waals surface area contributed by atoms with Crippen molar-refractivity contribution >= 4 is 40.8 Å². The van der Waals surface area contributed by atoms with Crippen molar-refractivity contribution in [2.24, 2.45) is 0 Å². The molecule has 0 spiro atoms. The van der Waals surface area contributed by atoms with E-state index in [1.165, 1.54) is 6.42 Å². The Hall–Kier alpha value is -0.450. The van der Waals surface area contributed by atoms with E-state index in [2.05, 4.69) is 16.5 Å². The first-order valence-corrected chi connectivity index (χ1v) is 5.27. The van der Waals surface area contributed by atoms with Crippen molar-refractivity contribution in [1.29, 1.82) is 0 Å². The molecule has 7 heteroatoms. The standard InChI is InChI=1S/C6H10N2.C2HCl3O2/c1-2-4-8-5-3-7-6-8;3-2(4,5)1(6)7/h3,5-6H,2,4H2,1H3;(H,6,7). The quantitative estimate of drug-likeness (QED) is 0.843. The maximum absolute atomic E-state index is 9.62. The Labute approximate surface area is 103 Å². The van der Waals surface area contributed by atoms with Crippen LogP contribution in [-0.4, -0.2) is 24.4 Å². The molecule has 15 heavy (non-hydrogen) atoms. The Kier molecular flexibility index (Phi) is 6.72. The number of carboxylic acid groups (broad SMARTS) is 1. The lowest BCUT2D eigenvalue weighted by atomic mass is 10.5. The van der Waals surface area contributed by atoms with Gasteiger partial charge in [-0.3, -0.25) is 0 Å². The second kappa shape index (κ2) is 6.93. The predicted molar refractivity (Wildman–Crippen MR) is 60.4 cm³/mol. The summed E-state index contributed by atoms with van der Waals surface area (Å²) in [6.07, 6.45) is 6.79. The summed E-state index contributed by atoms with van der Waals surface area (Å²) in [6.45, 7) is 3.24. The summed E-state index contributed by atoms with van der Waals surface area (Å²) in [6, 6.07) is 0. The molecular weight excluding hydrogens is 262 g/mol. The van der Waals surface area contributed by atoms with Crippen molar-refractivity contribution in [3.05, 3.63) is 18.7 Å². The highest BCUT2D eigenvalue weighted by Gasteiger charge is 2.29. The van der Waals surface area contributed by atoms with Crippen LogP contribution in [0.4, 0.5) is 0 Å². The number of hydrogen-bond donors (Lipinski definition) is 1. The van der Waals surface area contributed by atoms with E-state index in [4.69, 9.17) is 39.9 Å². The molecule has 0 saturated heterocycles. The number of nitrogens with zero attached hydrogens (tertiary/aromatic N) is 2. The van der Waals surface area contributed by atoms with Gasteiger partial charge in [0, 0.05) is 18.9 Å². The Morgan fingerprint density at radius 1 is 1.53 bits per heavy atom. The van der Waals surface area contributed by atoms with Crippen molar-refractivity contribution in [1.82, 2.24) is 9.55 Å². The average molecular weight is 274 g/mol. The van der Waals surface area contributed by atoms with E-state index < -0.39 is 9.76 Å². The van der Waals surface area contributed by atoms with Gasteiger partial charge in [0.15, 0.2) is 0 Å². The number of carbonyl (C=O) groups is 1. The van der Waals surface area contributed by atoms with E-state index in [9.17, 15) is 4.79 Å². The smallest absolute Gasteiger partial charge is 0.356 e. The van der Waals surface area contributed by atoms with Crippen LogP contribution in [0.25, 0.3) is 0 Å². The van der Waals surface area contributed by atoms with Gasteiger partial charge in [0.2, 0.25) is 0 Å². The summed E-state index contributed by atoms with van der Waals surface area (Å²) in [5.74, 6) is -1.46. The molecule has 0 radical (unpaired) electrons. The van der Waals surface area contributed by atoms with Crippen LogP contribution in [0.2, 0.25) is 0 Å².